The molecule has 0 fully saturated rings. The highest BCUT2D eigenvalue weighted by Gasteiger charge is 1.93. The van der Waals surface area contributed by atoms with E-state index in [0.29, 0.717) is 5.88 Å². The van der Waals surface area contributed by atoms with Gasteiger partial charge >= 0.3 is 0 Å². The summed E-state index contributed by atoms with van der Waals surface area (Å²) in [7, 11) is 0. The van der Waals surface area contributed by atoms with Gasteiger partial charge in [0, 0.05) is 23.9 Å². The minimum absolute atomic E-state index is 0.694. The molecule has 0 bridgehead atoms. The van der Waals surface area contributed by atoms with Crippen LogP contribution in [0.3, 0.4) is 0 Å². The first-order valence-corrected chi connectivity index (χ1v) is 6.67. The van der Waals surface area contributed by atoms with Crippen molar-refractivity contribution in [1.82, 2.24) is 0 Å². The minimum Gasteiger partial charge on any atom is -0.384 e. The largest absolute Gasteiger partial charge is 0.384 e. The van der Waals surface area contributed by atoms with E-state index in [-0.39, 0.29) is 0 Å². The van der Waals surface area contributed by atoms with E-state index in [9.17, 15) is 0 Å². The van der Waals surface area contributed by atoms with Gasteiger partial charge in [-0.2, -0.15) is 11.8 Å². The van der Waals surface area contributed by atoms with E-state index in [4.69, 9.17) is 11.6 Å². The van der Waals surface area contributed by atoms with Crippen LogP contribution in [0.2, 0.25) is 0 Å². The molecule has 1 aromatic rings. The van der Waals surface area contributed by atoms with E-state index in [2.05, 4.69) is 35.8 Å². The Balaban J connectivity index is 2.38. The Labute approximate surface area is 95.2 Å². The van der Waals surface area contributed by atoms with Crippen molar-refractivity contribution < 1.29 is 0 Å². The summed E-state index contributed by atoms with van der Waals surface area (Å²) in [6.07, 6.45) is 3.07. The number of thioether (sulfide) groups is 1. The fraction of sp³-hybridized carbons (Fsp3) is 0.455. The zero-order valence-corrected chi connectivity index (χ0v) is 10.00. The smallest absolute Gasteiger partial charge is 0.0340 e. The maximum Gasteiger partial charge on any atom is 0.0340 e. The van der Waals surface area contributed by atoms with Crippen molar-refractivity contribution in [3.63, 3.8) is 0 Å². The van der Waals surface area contributed by atoms with Gasteiger partial charge in [0.2, 0.25) is 0 Å². The van der Waals surface area contributed by atoms with Gasteiger partial charge in [0.1, 0.15) is 0 Å². The molecule has 14 heavy (non-hydrogen) atoms. The first-order chi connectivity index (χ1) is 6.86. The molecule has 0 aliphatic heterocycles. The van der Waals surface area contributed by atoms with Crippen LogP contribution in [-0.4, -0.2) is 24.4 Å². The summed E-state index contributed by atoms with van der Waals surface area (Å²) in [6.45, 7) is 1.02. The number of hydrogen-bond acceptors (Lipinski definition) is 2. The molecule has 0 aromatic heterocycles. The molecule has 1 aromatic carbocycles. The lowest BCUT2D eigenvalue weighted by molar-refractivity contribution is 1.14. The van der Waals surface area contributed by atoms with Crippen molar-refractivity contribution in [3.8, 4) is 0 Å². The van der Waals surface area contributed by atoms with Crippen LogP contribution in [0.15, 0.2) is 24.3 Å². The standard InChI is InChI=1S/C11H16ClNS/c1-14-9-8-13-11-4-2-10(3-5-11)6-7-12/h2-5,13H,6-9H2,1H3. The van der Waals surface area contributed by atoms with Crippen LogP contribution in [0.5, 0.6) is 0 Å². The molecule has 1 nitrogen and oxygen atoms in total. The number of hydrogen-bond donors (Lipinski definition) is 1. The van der Waals surface area contributed by atoms with Gasteiger partial charge in [-0.05, 0) is 30.4 Å². The minimum atomic E-state index is 0.694. The monoisotopic (exact) mass is 229 g/mol. The Kier molecular flexibility index (Phi) is 5.88. The van der Waals surface area contributed by atoms with Crippen molar-refractivity contribution in [2.24, 2.45) is 0 Å². The third-order valence-electron chi connectivity index (χ3n) is 1.97. The van der Waals surface area contributed by atoms with E-state index in [1.807, 2.05) is 11.8 Å². The Bertz CT molecular complexity index is 248. The molecule has 1 N–H and O–H groups in total. The van der Waals surface area contributed by atoms with Gasteiger partial charge in [0.05, 0.1) is 0 Å². The van der Waals surface area contributed by atoms with Gasteiger partial charge in [-0.1, -0.05) is 12.1 Å². The van der Waals surface area contributed by atoms with Crippen molar-refractivity contribution >= 4 is 29.1 Å². The molecule has 0 saturated heterocycles. The highest BCUT2D eigenvalue weighted by Crippen LogP contribution is 2.10. The summed E-state index contributed by atoms with van der Waals surface area (Å²) in [6, 6.07) is 8.48. The average Bonchev–Trinajstić information content (AvgIpc) is 2.21. The van der Waals surface area contributed by atoms with Crippen LogP contribution < -0.4 is 5.32 Å². The van der Waals surface area contributed by atoms with E-state index < -0.39 is 0 Å². The second-order valence-electron chi connectivity index (χ2n) is 3.06. The number of halogens is 1. The maximum atomic E-state index is 5.66. The van der Waals surface area contributed by atoms with Crippen molar-refractivity contribution in [1.29, 1.82) is 0 Å². The molecule has 0 aliphatic carbocycles. The first-order valence-electron chi connectivity index (χ1n) is 4.74. The second-order valence-corrected chi connectivity index (χ2v) is 4.42. The molecule has 0 radical (unpaired) electrons. The van der Waals surface area contributed by atoms with E-state index >= 15 is 0 Å². The van der Waals surface area contributed by atoms with Gasteiger partial charge < -0.3 is 5.32 Å². The van der Waals surface area contributed by atoms with Crippen molar-refractivity contribution in [2.45, 2.75) is 6.42 Å². The van der Waals surface area contributed by atoms with Crippen LogP contribution in [-0.2, 0) is 6.42 Å². The summed E-state index contributed by atoms with van der Waals surface area (Å²) in [5.74, 6) is 1.84. The highest BCUT2D eigenvalue weighted by atomic mass is 35.5. The maximum absolute atomic E-state index is 5.66. The van der Waals surface area contributed by atoms with Crippen LogP contribution in [0.4, 0.5) is 5.69 Å². The van der Waals surface area contributed by atoms with Gasteiger partial charge in [-0.25, -0.2) is 0 Å². The lowest BCUT2D eigenvalue weighted by Crippen LogP contribution is -2.03. The molecular formula is C11H16ClNS. The summed E-state index contributed by atoms with van der Waals surface area (Å²) in [5.41, 5.74) is 2.49. The van der Waals surface area contributed by atoms with E-state index in [1.165, 1.54) is 11.3 Å². The van der Waals surface area contributed by atoms with E-state index in [0.717, 1.165) is 18.7 Å². The van der Waals surface area contributed by atoms with E-state index in [1.54, 1.807) is 0 Å². The number of aryl methyl sites for hydroxylation is 1. The Hall–Kier alpha value is -0.340. The average molecular weight is 230 g/mol. The van der Waals surface area contributed by atoms with Crippen molar-refractivity contribution in [3.05, 3.63) is 29.8 Å². The third-order valence-corrected chi connectivity index (χ3v) is 2.77. The lowest BCUT2D eigenvalue weighted by Gasteiger charge is -2.05. The lowest BCUT2D eigenvalue weighted by atomic mass is 10.1. The molecule has 0 aliphatic rings. The van der Waals surface area contributed by atoms with Crippen LogP contribution in [0.1, 0.15) is 5.56 Å². The fourth-order valence-corrected chi connectivity index (χ4v) is 1.72. The van der Waals surface area contributed by atoms with Crippen molar-refractivity contribution in [2.75, 3.05) is 29.8 Å². The topological polar surface area (TPSA) is 12.0 Å². The molecule has 0 saturated carbocycles. The quantitative estimate of drug-likeness (QED) is 0.594. The Morgan fingerprint density at radius 2 is 2.00 bits per heavy atom. The normalized spacial score (nSPS) is 10.1. The predicted molar refractivity (Wildman–Crippen MR) is 67.7 cm³/mol. The summed E-state index contributed by atoms with van der Waals surface area (Å²) < 4.78 is 0. The van der Waals surface area contributed by atoms with Gasteiger partial charge in [-0.3, -0.25) is 0 Å². The van der Waals surface area contributed by atoms with Crippen LogP contribution in [0.25, 0.3) is 0 Å². The number of rotatable bonds is 6. The fourth-order valence-electron chi connectivity index (χ4n) is 1.20. The molecule has 0 amide bonds. The van der Waals surface area contributed by atoms with Crippen LogP contribution in [0, 0.1) is 0 Å². The zero-order chi connectivity index (χ0) is 10.2. The number of nitrogens with one attached hydrogen (secondary N) is 1. The molecule has 0 heterocycles. The zero-order valence-electron chi connectivity index (χ0n) is 8.42. The predicted octanol–water partition coefficient (Wildman–Crippen LogP) is 3.24. The molecular weight excluding hydrogens is 214 g/mol. The summed E-state index contributed by atoms with van der Waals surface area (Å²) >= 11 is 7.51. The summed E-state index contributed by atoms with van der Waals surface area (Å²) in [4.78, 5) is 0. The Morgan fingerprint density at radius 3 is 2.57 bits per heavy atom. The second kappa shape index (κ2) is 7.02. The first kappa shape index (κ1) is 11.7. The molecule has 1 rings (SSSR count). The number of anilines is 1. The molecule has 0 atom stereocenters. The molecule has 0 unspecified atom stereocenters. The van der Waals surface area contributed by atoms with Crippen LogP contribution >= 0.6 is 23.4 Å². The highest BCUT2D eigenvalue weighted by molar-refractivity contribution is 7.98. The van der Waals surface area contributed by atoms with Gasteiger partial charge in [-0.15, -0.1) is 11.6 Å². The third kappa shape index (κ3) is 4.25. The molecule has 0 spiro atoms. The molecule has 3 heteroatoms. The number of alkyl halides is 1. The van der Waals surface area contributed by atoms with Gasteiger partial charge in [0.25, 0.3) is 0 Å². The number of benzene rings is 1. The SMILES string of the molecule is CSCCNc1ccc(CCCl)cc1. The van der Waals surface area contributed by atoms with Gasteiger partial charge in [0.15, 0.2) is 0 Å². The molecule has 78 valence electrons. The summed E-state index contributed by atoms with van der Waals surface area (Å²) in [5, 5.41) is 3.36. The Morgan fingerprint density at radius 1 is 1.29 bits per heavy atom.